The predicted molar refractivity (Wildman–Crippen MR) is 146 cm³/mol. The van der Waals surface area contributed by atoms with Crippen molar-refractivity contribution in [2.75, 3.05) is 21.3 Å². The van der Waals surface area contributed by atoms with E-state index in [1.807, 2.05) is 6.92 Å². The summed E-state index contributed by atoms with van der Waals surface area (Å²) in [6, 6.07) is 11.8. The molecule has 0 saturated carbocycles. The maximum Gasteiger partial charge on any atom is 0.264 e. The Morgan fingerprint density at radius 1 is 1.08 bits per heavy atom. The third-order valence-corrected chi connectivity index (χ3v) is 6.43. The molecule has 2 aromatic carbocycles. The molecule has 10 nitrogen and oxygen atoms in total. The Bertz CT molecular complexity index is 1530. The molecule has 0 atom stereocenters. The number of carbonyl (C=O) groups is 1. The molecule has 0 bridgehead atoms. The Morgan fingerprint density at radius 2 is 1.77 bits per heavy atom. The average Bonchev–Trinajstić information content (AvgIpc) is 3.38. The van der Waals surface area contributed by atoms with Crippen LogP contribution >= 0.6 is 11.6 Å². The van der Waals surface area contributed by atoms with Crippen molar-refractivity contribution in [3.05, 3.63) is 75.0 Å². The van der Waals surface area contributed by atoms with Crippen LogP contribution in [-0.2, 0) is 13.0 Å². The molecule has 2 heterocycles. The highest BCUT2D eigenvalue weighted by atomic mass is 35.5. The van der Waals surface area contributed by atoms with Gasteiger partial charge in [-0.15, -0.1) is 10.2 Å². The highest BCUT2D eigenvalue weighted by Gasteiger charge is 2.27. The van der Waals surface area contributed by atoms with Crippen LogP contribution in [-0.4, -0.2) is 52.4 Å². The number of carbonyl (C=O) groups excluding carboxylic acids is 1. The summed E-state index contributed by atoms with van der Waals surface area (Å²) in [5.74, 6) is 0.146. The number of benzene rings is 2. The van der Waals surface area contributed by atoms with Gasteiger partial charge >= 0.3 is 0 Å². The highest BCUT2D eigenvalue weighted by Crippen LogP contribution is 2.46. The predicted octanol–water partition coefficient (Wildman–Crippen LogP) is 5.08. The summed E-state index contributed by atoms with van der Waals surface area (Å²) in [5, 5.41) is 20.0. The van der Waals surface area contributed by atoms with Gasteiger partial charge in [-0.3, -0.25) is 9.59 Å². The second-order valence-electron chi connectivity index (χ2n) is 8.84. The maximum atomic E-state index is 13.2. The van der Waals surface area contributed by atoms with Gasteiger partial charge in [-0.05, 0) is 43.2 Å². The van der Waals surface area contributed by atoms with Crippen molar-refractivity contribution >= 4 is 17.5 Å². The van der Waals surface area contributed by atoms with Gasteiger partial charge in [-0.25, -0.2) is 0 Å². The van der Waals surface area contributed by atoms with Crippen LogP contribution < -0.4 is 15.0 Å². The third-order valence-electron chi connectivity index (χ3n) is 6.20. The molecule has 0 radical (unpaired) electrons. The number of hydrogen-bond acceptors (Lipinski definition) is 8. The van der Waals surface area contributed by atoms with Crippen molar-refractivity contribution in [3.63, 3.8) is 0 Å². The Kier molecular flexibility index (Phi) is 8.55. The van der Waals surface area contributed by atoms with Crippen molar-refractivity contribution in [1.29, 1.82) is 0 Å². The fraction of sp³-hybridized carbons (Fsp3) is 0.286. The smallest absolute Gasteiger partial charge is 0.264 e. The molecule has 1 amide bonds. The minimum atomic E-state index is -0.588. The molecule has 11 heteroatoms. The van der Waals surface area contributed by atoms with E-state index < -0.39 is 5.56 Å². The summed E-state index contributed by atoms with van der Waals surface area (Å²) in [6.45, 7) is 2.00. The van der Waals surface area contributed by atoms with E-state index in [1.54, 1.807) is 49.5 Å². The van der Waals surface area contributed by atoms with Gasteiger partial charge in [0.15, 0.2) is 0 Å². The summed E-state index contributed by atoms with van der Waals surface area (Å²) in [7, 11) is 4.60. The zero-order chi connectivity index (χ0) is 28.1. The number of halogens is 1. The number of amides is 1. The van der Waals surface area contributed by atoms with Gasteiger partial charge in [0.2, 0.25) is 5.89 Å². The van der Waals surface area contributed by atoms with Crippen LogP contribution in [0.2, 0.25) is 5.02 Å². The first-order chi connectivity index (χ1) is 18.8. The van der Waals surface area contributed by atoms with Gasteiger partial charge in [-0.2, -0.15) is 0 Å². The fourth-order valence-corrected chi connectivity index (χ4v) is 4.47. The molecule has 0 spiro atoms. The number of ether oxygens (including phenoxy) is 2. The monoisotopic (exact) mass is 552 g/mol. The molecule has 0 unspecified atom stereocenters. The van der Waals surface area contributed by atoms with Gasteiger partial charge in [0, 0.05) is 23.3 Å². The van der Waals surface area contributed by atoms with Gasteiger partial charge in [-0.1, -0.05) is 37.1 Å². The summed E-state index contributed by atoms with van der Waals surface area (Å²) in [5.41, 5.74) is 0.973. The molecule has 0 aliphatic rings. The molecule has 0 saturated heterocycles. The number of aromatic amines is 1. The van der Waals surface area contributed by atoms with E-state index in [0.717, 1.165) is 12.8 Å². The first-order valence-corrected chi connectivity index (χ1v) is 12.7. The molecule has 0 aliphatic heterocycles. The second-order valence-corrected chi connectivity index (χ2v) is 9.28. The minimum Gasteiger partial charge on any atom is -0.506 e. The zero-order valence-electron chi connectivity index (χ0n) is 22.1. The number of hydrogen-bond donors (Lipinski definition) is 2. The largest absolute Gasteiger partial charge is 0.506 e. The number of pyridine rings is 1. The topological polar surface area (TPSA) is 131 Å². The molecule has 0 aliphatic carbocycles. The molecule has 39 heavy (non-hydrogen) atoms. The van der Waals surface area contributed by atoms with E-state index in [1.165, 1.54) is 19.1 Å². The minimum absolute atomic E-state index is 0.0290. The van der Waals surface area contributed by atoms with Crippen LogP contribution in [0.3, 0.4) is 0 Å². The first kappa shape index (κ1) is 27.7. The van der Waals surface area contributed by atoms with Gasteiger partial charge in [0.1, 0.15) is 22.8 Å². The van der Waals surface area contributed by atoms with E-state index in [-0.39, 0.29) is 35.5 Å². The number of aromatic hydroxyl groups is 1. The lowest BCUT2D eigenvalue weighted by molar-refractivity contribution is 0.0773. The van der Waals surface area contributed by atoms with Crippen molar-refractivity contribution in [3.8, 4) is 39.8 Å². The number of methoxy groups -OCH3 is 2. The highest BCUT2D eigenvalue weighted by molar-refractivity contribution is 6.30. The molecule has 2 aromatic heterocycles. The molecule has 4 rings (SSSR count). The van der Waals surface area contributed by atoms with Crippen molar-refractivity contribution < 1.29 is 23.8 Å². The van der Waals surface area contributed by atoms with Crippen LogP contribution in [0.15, 0.2) is 51.7 Å². The fourth-order valence-electron chi connectivity index (χ4n) is 4.28. The summed E-state index contributed by atoms with van der Waals surface area (Å²) < 4.78 is 16.9. The molecule has 0 fully saturated rings. The van der Waals surface area contributed by atoms with Crippen LogP contribution in [0.1, 0.15) is 41.7 Å². The molecule has 4 aromatic rings. The summed E-state index contributed by atoms with van der Waals surface area (Å²) >= 11 is 6.01. The Balaban J connectivity index is 1.76. The van der Waals surface area contributed by atoms with E-state index in [0.29, 0.717) is 45.3 Å². The number of rotatable bonds is 10. The van der Waals surface area contributed by atoms with Crippen molar-refractivity contribution in [2.45, 2.75) is 32.7 Å². The number of H-pyrrole nitrogens is 1. The lowest BCUT2D eigenvalue weighted by atomic mass is 9.96. The molecule has 204 valence electrons. The van der Waals surface area contributed by atoms with Gasteiger partial charge < -0.3 is 28.9 Å². The van der Waals surface area contributed by atoms with Crippen molar-refractivity contribution in [2.24, 2.45) is 0 Å². The summed E-state index contributed by atoms with van der Waals surface area (Å²) in [6.07, 6.45) is 2.15. The van der Waals surface area contributed by atoms with E-state index in [4.69, 9.17) is 25.5 Å². The zero-order valence-corrected chi connectivity index (χ0v) is 22.8. The number of aromatic nitrogens is 3. The summed E-state index contributed by atoms with van der Waals surface area (Å²) in [4.78, 5) is 30.2. The quantitative estimate of drug-likeness (QED) is 0.278. The van der Waals surface area contributed by atoms with Gasteiger partial charge in [0.25, 0.3) is 17.4 Å². The number of unbranched alkanes of at least 4 members (excludes halogenated alkanes) is 1. The average molecular weight is 553 g/mol. The maximum absolute atomic E-state index is 13.2. The van der Waals surface area contributed by atoms with E-state index >= 15 is 0 Å². The first-order valence-electron chi connectivity index (χ1n) is 12.3. The van der Waals surface area contributed by atoms with Crippen LogP contribution in [0.5, 0.6) is 17.2 Å². The lowest BCUT2D eigenvalue weighted by Crippen LogP contribution is -2.26. The van der Waals surface area contributed by atoms with E-state index in [9.17, 15) is 14.7 Å². The molecule has 2 N–H and O–H groups in total. The normalized spacial score (nSPS) is 10.9. The number of aryl methyl sites for hydroxylation is 1. The lowest BCUT2D eigenvalue weighted by Gasteiger charge is -2.18. The Morgan fingerprint density at radius 3 is 2.41 bits per heavy atom. The SMILES string of the molecule is CCCCc1[nH]c(=O)c(-c2nnc(CN(C)C(=O)c3cccc(Cl)c3)o2)c(O)c1-c1c(OC)cccc1OC. The Hall–Kier alpha value is -4.31. The number of nitrogens with one attached hydrogen (secondary N) is 1. The van der Waals surface area contributed by atoms with Crippen LogP contribution in [0.25, 0.3) is 22.6 Å². The molecular formula is C28H29ClN4O6. The van der Waals surface area contributed by atoms with Crippen LogP contribution in [0, 0.1) is 0 Å². The second kappa shape index (κ2) is 12.0. The van der Waals surface area contributed by atoms with Crippen LogP contribution in [0.4, 0.5) is 0 Å². The Labute approximate surface area is 230 Å². The van der Waals surface area contributed by atoms with Gasteiger partial charge in [0.05, 0.1) is 31.9 Å². The standard InChI is InChI=1S/C28H29ClN4O6/c1-5-6-11-18-22(23-19(37-3)12-8-13-20(23)38-4)25(34)24(26(35)30-18)27-32-31-21(39-27)15-33(2)28(36)16-9-7-10-17(29)14-16/h7-10,12-14H,5-6,11,15H2,1-4H3,(H2,30,34,35). The third kappa shape index (κ3) is 5.75. The molecular weight excluding hydrogens is 524 g/mol. The number of nitrogens with zero attached hydrogens (tertiary/aromatic N) is 3. The van der Waals surface area contributed by atoms with E-state index in [2.05, 4.69) is 15.2 Å². The van der Waals surface area contributed by atoms with Crippen molar-refractivity contribution in [1.82, 2.24) is 20.1 Å².